The molecule has 2 aromatic rings. The summed E-state index contributed by atoms with van der Waals surface area (Å²) < 4.78 is 26.2. The lowest BCUT2D eigenvalue weighted by molar-refractivity contribution is -0.116. The molecule has 2 amide bonds. The van der Waals surface area contributed by atoms with Crippen LogP contribution in [-0.2, 0) is 19.4 Å². The Morgan fingerprint density at radius 3 is 2.76 bits per heavy atom. The highest BCUT2D eigenvalue weighted by Gasteiger charge is 2.23. The van der Waals surface area contributed by atoms with Crippen LogP contribution in [0.1, 0.15) is 25.3 Å². The Kier molecular flexibility index (Phi) is 6.70. The Bertz CT molecular complexity index is 1070. The maximum absolute atomic E-state index is 12.7. The number of hydrogen-bond acceptors (Lipinski definition) is 5. The number of sulfone groups is 1. The summed E-state index contributed by atoms with van der Waals surface area (Å²) in [4.78, 5) is 25.1. The number of aryl methyl sites for hydroxylation is 1. The first-order valence-electron chi connectivity index (χ1n) is 9.03. The van der Waals surface area contributed by atoms with Gasteiger partial charge in [0.25, 0.3) is 0 Å². The van der Waals surface area contributed by atoms with Gasteiger partial charge in [0.15, 0.2) is 9.84 Å². The van der Waals surface area contributed by atoms with Crippen molar-refractivity contribution in [1.29, 1.82) is 0 Å². The highest BCUT2D eigenvalue weighted by atomic mass is 79.9. The highest BCUT2D eigenvalue weighted by Crippen LogP contribution is 2.36. The molecule has 2 aromatic carbocycles. The van der Waals surface area contributed by atoms with Crippen LogP contribution < -0.4 is 10.6 Å². The molecule has 1 atom stereocenters. The second-order valence-electron chi connectivity index (χ2n) is 6.94. The molecule has 0 bridgehead atoms. The third-order valence-electron chi connectivity index (χ3n) is 4.38. The van der Waals surface area contributed by atoms with Crippen molar-refractivity contribution in [3.8, 4) is 0 Å². The fourth-order valence-corrected chi connectivity index (χ4v) is 5.81. The second-order valence-corrected chi connectivity index (χ2v) is 11.4. The molecule has 1 aliphatic heterocycles. The van der Waals surface area contributed by atoms with Gasteiger partial charge >= 0.3 is 0 Å². The van der Waals surface area contributed by atoms with Crippen molar-refractivity contribution < 1.29 is 18.0 Å². The number of thioether (sulfide) groups is 1. The Labute approximate surface area is 182 Å². The number of hydrogen-bond donors (Lipinski definition) is 2. The number of rotatable bonds is 5. The lowest BCUT2D eigenvalue weighted by Gasteiger charge is -2.11. The standard InChI is InChI=1S/C20H21BrN2O4S2/c1-12-3-5-16(15(21)9-12)22-19(24)7-8-29(26,27)14-4-6-18-17(11-14)23-20(25)10-13(2)28-18/h3-6,9,11,13H,7-8,10H2,1-2H3,(H,22,24)(H,23,25)/t13-/m0/s1. The topological polar surface area (TPSA) is 92.3 Å². The van der Waals surface area contributed by atoms with Crippen LogP contribution in [0.2, 0.25) is 0 Å². The van der Waals surface area contributed by atoms with E-state index in [-0.39, 0.29) is 34.1 Å². The zero-order valence-corrected chi connectivity index (χ0v) is 19.2. The first-order chi connectivity index (χ1) is 13.6. The summed E-state index contributed by atoms with van der Waals surface area (Å²) in [5.41, 5.74) is 2.13. The van der Waals surface area contributed by atoms with Gasteiger partial charge in [0.2, 0.25) is 11.8 Å². The molecule has 6 nitrogen and oxygen atoms in total. The summed E-state index contributed by atoms with van der Waals surface area (Å²) in [7, 11) is -3.67. The van der Waals surface area contributed by atoms with Crippen LogP contribution in [0.5, 0.6) is 0 Å². The van der Waals surface area contributed by atoms with Crippen molar-refractivity contribution in [2.75, 3.05) is 16.4 Å². The largest absolute Gasteiger partial charge is 0.325 e. The van der Waals surface area contributed by atoms with E-state index >= 15 is 0 Å². The zero-order chi connectivity index (χ0) is 21.2. The lowest BCUT2D eigenvalue weighted by atomic mass is 10.2. The second kappa shape index (κ2) is 8.89. The summed E-state index contributed by atoms with van der Waals surface area (Å²) in [6.45, 7) is 3.89. The van der Waals surface area contributed by atoms with Crippen molar-refractivity contribution in [3.63, 3.8) is 0 Å². The van der Waals surface area contributed by atoms with Gasteiger partial charge in [0, 0.05) is 27.5 Å². The van der Waals surface area contributed by atoms with Crippen LogP contribution >= 0.6 is 27.7 Å². The maximum atomic E-state index is 12.7. The maximum Gasteiger partial charge on any atom is 0.225 e. The molecule has 9 heteroatoms. The number of carbonyl (C=O) groups is 2. The molecular formula is C20H21BrN2O4S2. The van der Waals surface area contributed by atoms with Crippen LogP contribution in [0.15, 0.2) is 50.7 Å². The third-order valence-corrected chi connectivity index (χ3v) is 7.93. The van der Waals surface area contributed by atoms with Crippen molar-refractivity contribution in [2.45, 2.75) is 41.7 Å². The van der Waals surface area contributed by atoms with E-state index < -0.39 is 9.84 Å². The minimum absolute atomic E-state index is 0.0935. The molecule has 1 heterocycles. The lowest BCUT2D eigenvalue weighted by Crippen LogP contribution is -2.18. The van der Waals surface area contributed by atoms with Gasteiger partial charge in [-0.25, -0.2) is 8.42 Å². The van der Waals surface area contributed by atoms with Crippen molar-refractivity contribution in [1.82, 2.24) is 0 Å². The van der Waals surface area contributed by atoms with Crippen LogP contribution in [0.4, 0.5) is 11.4 Å². The van der Waals surface area contributed by atoms with E-state index in [0.717, 1.165) is 14.9 Å². The molecule has 0 saturated heterocycles. The Hall–Kier alpha value is -1.84. The normalized spacial score (nSPS) is 16.5. The van der Waals surface area contributed by atoms with E-state index in [1.54, 1.807) is 12.1 Å². The number of carbonyl (C=O) groups excluding carboxylic acids is 2. The molecule has 0 fully saturated rings. The smallest absolute Gasteiger partial charge is 0.225 e. The molecule has 0 aliphatic carbocycles. The zero-order valence-electron chi connectivity index (χ0n) is 16.0. The number of anilines is 2. The number of nitrogens with one attached hydrogen (secondary N) is 2. The number of benzene rings is 2. The Balaban J connectivity index is 1.69. The average Bonchev–Trinajstić information content (AvgIpc) is 2.78. The highest BCUT2D eigenvalue weighted by molar-refractivity contribution is 9.10. The molecule has 154 valence electrons. The molecular weight excluding hydrogens is 476 g/mol. The third kappa shape index (κ3) is 5.61. The summed E-state index contributed by atoms with van der Waals surface area (Å²) in [6, 6.07) is 10.2. The Morgan fingerprint density at radius 1 is 1.28 bits per heavy atom. The van der Waals surface area contributed by atoms with Crippen LogP contribution in [0, 0.1) is 6.92 Å². The summed E-state index contributed by atoms with van der Waals surface area (Å²) in [5.74, 6) is -0.842. The molecule has 2 N–H and O–H groups in total. The summed E-state index contributed by atoms with van der Waals surface area (Å²) in [6.07, 6.45) is 0.202. The fourth-order valence-electron chi connectivity index (χ4n) is 2.90. The van der Waals surface area contributed by atoms with Gasteiger partial charge in [-0.2, -0.15) is 0 Å². The van der Waals surface area contributed by atoms with E-state index in [2.05, 4.69) is 26.6 Å². The van der Waals surface area contributed by atoms with Crippen LogP contribution in [0.25, 0.3) is 0 Å². The van der Waals surface area contributed by atoms with Gasteiger partial charge in [-0.15, -0.1) is 11.8 Å². The molecule has 0 aromatic heterocycles. The van der Waals surface area contributed by atoms with Gasteiger partial charge in [0.05, 0.1) is 22.0 Å². The predicted molar refractivity (Wildman–Crippen MR) is 119 cm³/mol. The van der Waals surface area contributed by atoms with Gasteiger partial charge in [-0.05, 0) is 58.7 Å². The predicted octanol–water partition coefficient (Wildman–Crippen LogP) is 4.38. The molecule has 3 rings (SSSR count). The monoisotopic (exact) mass is 496 g/mol. The Morgan fingerprint density at radius 2 is 2.03 bits per heavy atom. The van der Waals surface area contributed by atoms with Crippen LogP contribution in [-0.4, -0.2) is 31.2 Å². The fraction of sp³-hybridized carbons (Fsp3) is 0.300. The molecule has 0 unspecified atom stereocenters. The van der Waals surface area contributed by atoms with E-state index in [1.165, 1.54) is 23.9 Å². The van der Waals surface area contributed by atoms with Gasteiger partial charge in [-0.3, -0.25) is 9.59 Å². The van der Waals surface area contributed by atoms with Gasteiger partial charge < -0.3 is 10.6 Å². The molecule has 29 heavy (non-hydrogen) atoms. The van der Waals surface area contributed by atoms with Gasteiger partial charge in [0.1, 0.15) is 0 Å². The number of amides is 2. The number of fused-ring (bicyclic) bond motifs is 1. The first kappa shape index (κ1) is 21.9. The first-order valence-corrected chi connectivity index (χ1v) is 12.4. The van der Waals surface area contributed by atoms with Gasteiger partial charge in [-0.1, -0.05) is 13.0 Å². The minimum atomic E-state index is -3.67. The van der Waals surface area contributed by atoms with E-state index in [0.29, 0.717) is 17.8 Å². The van der Waals surface area contributed by atoms with E-state index in [9.17, 15) is 18.0 Å². The van der Waals surface area contributed by atoms with E-state index in [1.807, 2.05) is 26.0 Å². The average molecular weight is 497 g/mol. The summed E-state index contributed by atoms with van der Waals surface area (Å²) >= 11 is 4.91. The quantitative estimate of drug-likeness (QED) is 0.640. The van der Waals surface area contributed by atoms with E-state index in [4.69, 9.17) is 0 Å². The molecule has 0 radical (unpaired) electrons. The van der Waals surface area contributed by atoms with Crippen molar-refractivity contribution >= 4 is 60.7 Å². The van der Waals surface area contributed by atoms with Crippen molar-refractivity contribution in [3.05, 3.63) is 46.4 Å². The van der Waals surface area contributed by atoms with Crippen molar-refractivity contribution in [2.24, 2.45) is 0 Å². The molecule has 0 saturated carbocycles. The molecule has 1 aliphatic rings. The minimum Gasteiger partial charge on any atom is -0.325 e. The van der Waals surface area contributed by atoms with Crippen LogP contribution in [0.3, 0.4) is 0 Å². The summed E-state index contributed by atoms with van der Waals surface area (Å²) in [5, 5.41) is 5.60. The SMILES string of the molecule is Cc1ccc(NC(=O)CCS(=O)(=O)c2ccc3c(c2)NC(=O)C[C@H](C)S3)c(Br)c1. The number of halogens is 1. The molecule has 0 spiro atoms.